The molecular weight excluding hydrogens is 346 g/mol. The van der Waals surface area contributed by atoms with Crippen molar-refractivity contribution in [1.82, 2.24) is 5.43 Å². The summed E-state index contributed by atoms with van der Waals surface area (Å²) in [6.45, 7) is 0.109. The van der Waals surface area contributed by atoms with Crippen molar-refractivity contribution < 1.29 is 9.53 Å². The minimum Gasteiger partial charge on any atom is -0.495 e. The van der Waals surface area contributed by atoms with Crippen LogP contribution in [0, 0.1) is 0 Å². The van der Waals surface area contributed by atoms with Crippen molar-refractivity contribution in [2.75, 3.05) is 19.0 Å². The Hall–Kier alpha value is -2.34. The van der Waals surface area contributed by atoms with Crippen LogP contribution in [0.5, 0.6) is 5.75 Å². The van der Waals surface area contributed by atoms with Crippen molar-refractivity contribution in [3.8, 4) is 5.75 Å². The summed E-state index contributed by atoms with van der Waals surface area (Å²) in [7, 11) is 1.59. The molecule has 0 unspecified atom stereocenters. The van der Waals surface area contributed by atoms with Gasteiger partial charge in [0.2, 0.25) is 0 Å². The summed E-state index contributed by atoms with van der Waals surface area (Å²) < 4.78 is 6.19. The Morgan fingerprint density at radius 2 is 1.95 bits per heavy atom. The molecule has 6 heteroatoms. The molecule has 0 aromatic heterocycles. The number of ether oxygens (including phenoxy) is 1. The Morgan fingerprint density at radius 1 is 1.23 bits per heavy atom. The number of para-hydroxylation sites is 2. The van der Waals surface area contributed by atoms with Gasteiger partial charge in [-0.25, -0.2) is 5.43 Å². The van der Waals surface area contributed by atoms with Crippen LogP contribution in [0.4, 0.5) is 5.69 Å². The predicted octanol–water partition coefficient (Wildman–Crippen LogP) is 3.02. The van der Waals surface area contributed by atoms with Gasteiger partial charge in [-0.05, 0) is 29.8 Å². The molecule has 5 nitrogen and oxygen atoms in total. The van der Waals surface area contributed by atoms with Crippen molar-refractivity contribution in [3.63, 3.8) is 0 Å². The molecule has 0 bridgehead atoms. The molecule has 22 heavy (non-hydrogen) atoms. The molecule has 0 aliphatic carbocycles. The van der Waals surface area contributed by atoms with E-state index in [1.54, 1.807) is 13.3 Å². The lowest BCUT2D eigenvalue weighted by Crippen LogP contribution is -2.26. The van der Waals surface area contributed by atoms with Crippen LogP contribution >= 0.6 is 15.9 Å². The predicted molar refractivity (Wildman–Crippen MR) is 91.4 cm³/mol. The van der Waals surface area contributed by atoms with Gasteiger partial charge in [-0.15, -0.1) is 0 Å². The summed E-state index contributed by atoms with van der Waals surface area (Å²) in [5.74, 6) is 0.452. The van der Waals surface area contributed by atoms with E-state index in [0.29, 0.717) is 5.75 Å². The van der Waals surface area contributed by atoms with E-state index < -0.39 is 0 Å². The highest BCUT2D eigenvalue weighted by Crippen LogP contribution is 2.22. The van der Waals surface area contributed by atoms with Crippen LogP contribution in [0.15, 0.2) is 58.1 Å². The molecule has 0 radical (unpaired) electrons. The second-order valence-corrected chi connectivity index (χ2v) is 5.31. The van der Waals surface area contributed by atoms with Crippen LogP contribution in [0.2, 0.25) is 0 Å². The number of carbonyl (C=O) groups excluding carboxylic acids is 1. The number of nitrogens with one attached hydrogen (secondary N) is 2. The molecular formula is C16H16BrN3O2. The van der Waals surface area contributed by atoms with Crippen LogP contribution in [0.3, 0.4) is 0 Å². The largest absolute Gasteiger partial charge is 0.495 e. The highest BCUT2D eigenvalue weighted by atomic mass is 79.9. The summed E-state index contributed by atoms with van der Waals surface area (Å²) in [6.07, 6.45) is 1.59. The molecule has 2 N–H and O–H groups in total. The number of hydrogen-bond donors (Lipinski definition) is 2. The topological polar surface area (TPSA) is 62.7 Å². The smallest absolute Gasteiger partial charge is 0.259 e. The summed E-state index contributed by atoms with van der Waals surface area (Å²) in [5.41, 5.74) is 4.13. The number of benzene rings is 2. The van der Waals surface area contributed by atoms with Crippen molar-refractivity contribution in [1.29, 1.82) is 0 Å². The third-order valence-electron chi connectivity index (χ3n) is 2.82. The molecule has 0 fully saturated rings. The molecule has 0 atom stereocenters. The van der Waals surface area contributed by atoms with Gasteiger partial charge in [0, 0.05) is 4.47 Å². The normalized spacial score (nSPS) is 10.5. The summed E-state index contributed by atoms with van der Waals surface area (Å²) in [6, 6.07) is 15.0. The van der Waals surface area contributed by atoms with E-state index in [4.69, 9.17) is 4.74 Å². The minimum absolute atomic E-state index is 0.109. The lowest BCUT2D eigenvalue weighted by molar-refractivity contribution is -0.119. The van der Waals surface area contributed by atoms with E-state index in [2.05, 4.69) is 31.8 Å². The maximum atomic E-state index is 11.7. The number of carbonyl (C=O) groups is 1. The van der Waals surface area contributed by atoms with Crippen molar-refractivity contribution in [2.24, 2.45) is 5.10 Å². The third kappa shape index (κ3) is 4.89. The Bertz CT molecular complexity index is 657. The standard InChI is InChI=1S/C16H16BrN3O2/c1-22-15-5-3-2-4-14(15)18-11-16(21)20-19-10-12-6-8-13(17)9-7-12/h2-10,18H,11H2,1H3,(H,20,21)/b19-10+. The van der Waals surface area contributed by atoms with E-state index in [0.717, 1.165) is 15.7 Å². The Morgan fingerprint density at radius 3 is 2.68 bits per heavy atom. The van der Waals surface area contributed by atoms with Gasteiger partial charge in [0.05, 0.1) is 25.6 Å². The number of hydrogen-bond acceptors (Lipinski definition) is 4. The molecule has 1 amide bonds. The average molecular weight is 362 g/mol. The summed E-state index contributed by atoms with van der Waals surface area (Å²) in [5, 5.41) is 6.92. The molecule has 0 saturated heterocycles. The number of nitrogens with zero attached hydrogens (tertiary/aromatic N) is 1. The van der Waals surface area contributed by atoms with Crippen LogP contribution < -0.4 is 15.5 Å². The van der Waals surface area contributed by atoms with Gasteiger partial charge in [0.25, 0.3) is 5.91 Å². The maximum Gasteiger partial charge on any atom is 0.259 e. The van der Waals surface area contributed by atoms with E-state index in [-0.39, 0.29) is 12.5 Å². The van der Waals surface area contributed by atoms with Crippen LogP contribution in [0.25, 0.3) is 0 Å². The Kier molecular flexibility index (Phi) is 5.97. The first-order valence-corrected chi connectivity index (χ1v) is 7.42. The molecule has 0 aliphatic heterocycles. The number of hydrazone groups is 1. The number of methoxy groups -OCH3 is 1. The lowest BCUT2D eigenvalue weighted by atomic mass is 10.2. The van der Waals surface area contributed by atoms with Crippen LogP contribution in [-0.4, -0.2) is 25.8 Å². The van der Waals surface area contributed by atoms with E-state index in [1.165, 1.54) is 0 Å². The zero-order valence-corrected chi connectivity index (χ0v) is 13.6. The quantitative estimate of drug-likeness (QED) is 0.613. The summed E-state index contributed by atoms with van der Waals surface area (Å²) in [4.78, 5) is 11.7. The van der Waals surface area contributed by atoms with E-state index in [1.807, 2.05) is 48.5 Å². The second kappa shape index (κ2) is 8.19. The number of anilines is 1. The van der Waals surface area contributed by atoms with Gasteiger partial charge in [-0.2, -0.15) is 5.10 Å². The molecule has 0 heterocycles. The molecule has 2 aromatic carbocycles. The number of halogens is 1. The highest BCUT2D eigenvalue weighted by molar-refractivity contribution is 9.10. The van der Waals surface area contributed by atoms with Gasteiger partial charge in [0.15, 0.2) is 0 Å². The van der Waals surface area contributed by atoms with Crippen LogP contribution in [-0.2, 0) is 4.79 Å². The zero-order chi connectivity index (χ0) is 15.8. The fourth-order valence-corrected chi connectivity index (χ4v) is 2.00. The summed E-state index contributed by atoms with van der Waals surface area (Å²) >= 11 is 3.36. The highest BCUT2D eigenvalue weighted by Gasteiger charge is 2.03. The Labute approximate surface area is 137 Å². The molecule has 0 saturated carbocycles. The maximum absolute atomic E-state index is 11.7. The molecule has 2 aromatic rings. The van der Waals surface area contributed by atoms with Crippen molar-refractivity contribution in [2.45, 2.75) is 0 Å². The SMILES string of the molecule is COc1ccccc1NCC(=O)N/N=C/c1ccc(Br)cc1. The fraction of sp³-hybridized carbons (Fsp3) is 0.125. The van der Waals surface area contributed by atoms with Gasteiger partial charge in [0.1, 0.15) is 5.75 Å². The number of amides is 1. The van der Waals surface area contributed by atoms with Crippen molar-refractivity contribution in [3.05, 3.63) is 58.6 Å². The van der Waals surface area contributed by atoms with Gasteiger partial charge in [-0.3, -0.25) is 4.79 Å². The Balaban J connectivity index is 1.82. The van der Waals surface area contributed by atoms with E-state index in [9.17, 15) is 4.79 Å². The lowest BCUT2D eigenvalue weighted by Gasteiger charge is -2.09. The van der Waals surface area contributed by atoms with Crippen LogP contribution in [0.1, 0.15) is 5.56 Å². The fourth-order valence-electron chi connectivity index (χ4n) is 1.73. The van der Waals surface area contributed by atoms with Gasteiger partial charge in [-0.1, -0.05) is 40.2 Å². The first-order valence-electron chi connectivity index (χ1n) is 6.63. The third-order valence-corrected chi connectivity index (χ3v) is 3.35. The molecule has 114 valence electrons. The van der Waals surface area contributed by atoms with Crippen molar-refractivity contribution >= 4 is 33.7 Å². The number of rotatable bonds is 6. The first kappa shape index (κ1) is 16.0. The zero-order valence-electron chi connectivity index (χ0n) is 12.0. The first-order chi connectivity index (χ1) is 10.7. The molecule has 0 aliphatic rings. The molecule has 0 spiro atoms. The molecule has 2 rings (SSSR count). The van der Waals surface area contributed by atoms with Gasteiger partial charge >= 0.3 is 0 Å². The second-order valence-electron chi connectivity index (χ2n) is 4.40. The van der Waals surface area contributed by atoms with Gasteiger partial charge < -0.3 is 10.1 Å². The average Bonchev–Trinajstić information content (AvgIpc) is 2.55. The van der Waals surface area contributed by atoms with E-state index >= 15 is 0 Å². The minimum atomic E-state index is -0.237. The monoisotopic (exact) mass is 361 g/mol.